The lowest BCUT2D eigenvalue weighted by atomic mass is 10.4. The number of nitrogens with zero attached hydrogens (tertiary/aromatic N) is 4. The number of aryl methyl sites for hydroxylation is 1. The van der Waals surface area contributed by atoms with Gasteiger partial charge < -0.3 is 5.32 Å². The van der Waals surface area contributed by atoms with Crippen molar-refractivity contribution in [1.82, 2.24) is 20.0 Å². The molecule has 0 atom stereocenters. The van der Waals surface area contributed by atoms with Crippen LogP contribution in [0.2, 0.25) is 0 Å². The molecule has 7 heteroatoms. The van der Waals surface area contributed by atoms with Crippen molar-refractivity contribution in [3.63, 3.8) is 0 Å². The minimum absolute atomic E-state index is 0.105. The van der Waals surface area contributed by atoms with Gasteiger partial charge in [0.25, 0.3) is 0 Å². The Morgan fingerprint density at radius 3 is 3.06 bits per heavy atom. The molecule has 0 aliphatic rings. The summed E-state index contributed by atoms with van der Waals surface area (Å²) >= 11 is 3.31. The van der Waals surface area contributed by atoms with Gasteiger partial charge in [0.15, 0.2) is 0 Å². The minimum Gasteiger partial charge on any atom is -0.311 e. The van der Waals surface area contributed by atoms with E-state index in [1.165, 1.54) is 0 Å². The summed E-state index contributed by atoms with van der Waals surface area (Å²) in [6, 6.07) is 3.54. The van der Waals surface area contributed by atoms with Crippen molar-refractivity contribution >= 4 is 27.7 Å². The number of carbonyl (C=O) groups excluding carboxylic acids is 1. The molecule has 2 aromatic rings. The first kappa shape index (κ1) is 11.7. The SMILES string of the molecule is O=C(CCn1ccnn1)Nc1cc(Br)ccn1. The van der Waals surface area contributed by atoms with Gasteiger partial charge in [0.2, 0.25) is 5.91 Å². The highest BCUT2D eigenvalue weighted by Crippen LogP contribution is 2.12. The van der Waals surface area contributed by atoms with Gasteiger partial charge in [-0.3, -0.25) is 9.48 Å². The molecule has 0 fully saturated rings. The number of hydrogen-bond donors (Lipinski definition) is 1. The van der Waals surface area contributed by atoms with Gasteiger partial charge in [-0.1, -0.05) is 21.1 Å². The first-order valence-corrected chi connectivity index (χ1v) is 5.79. The quantitative estimate of drug-likeness (QED) is 0.927. The minimum atomic E-state index is -0.105. The molecular formula is C10H10BrN5O. The Morgan fingerprint density at radius 2 is 2.35 bits per heavy atom. The molecule has 0 aliphatic heterocycles. The first-order chi connectivity index (χ1) is 8.24. The second-order valence-electron chi connectivity index (χ2n) is 3.32. The topological polar surface area (TPSA) is 72.7 Å². The fraction of sp³-hybridized carbons (Fsp3) is 0.200. The van der Waals surface area contributed by atoms with Gasteiger partial charge >= 0.3 is 0 Å². The number of halogens is 1. The normalized spacial score (nSPS) is 10.2. The van der Waals surface area contributed by atoms with Crippen LogP contribution in [0.4, 0.5) is 5.82 Å². The summed E-state index contributed by atoms with van der Waals surface area (Å²) in [5.41, 5.74) is 0. The molecule has 0 aromatic carbocycles. The highest BCUT2D eigenvalue weighted by Gasteiger charge is 2.04. The van der Waals surface area contributed by atoms with Crippen molar-refractivity contribution in [2.45, 2.75) is 13.0 Å². The van der Waals surface area contributed by atoms with Crippen LogP contribution < -0.4 is 5.32 Å². The molecule has 1 amide bonds. The molecule has 0 spiro atoms. The number of nitrogens with one attached hydrogen (secondary N) is 1. The van der Waals surface area contributed by atoms with Crippen molar-refractivity contribution in [3.05, 3.63) is 35.2 Å². The molecule has 0 saturated carbocycles. The highest BCUT2D eigenvalue weighted by atomic mass is 79.9. The third-order valence-electron chi connectivity index (χ3n) is 2.03. The number of hydrogen-bond acceptors (Lipinski definition) is 4. The first-order valence-electron chi connectivity index (χ1n) is 4.99. The second-order valence-corrected chi connectivity index (χ2v) is 4.24. The Bertz CT molecular complexity index is 499. The average Bonchev–Trinajstić information content (AvgIpc) is 2.79. The lowest BCUT2D eigenvalue weighted by Gasteiger charge is -2.04. The number of aromatic nitrogens is 4. The molecule has 1 N–H and O–H groups in total. The van der Waals surface area contributed by atoms with Gasteiger partial charge in [-0.15, -0.1) is 5.10 Å². The summed E-state index contributed by atoms with van der Waals surface area (Å²) < 4.78 is 2.48. The van der Waals surface area contributed by atoms with Gasteiger partial charge in [0.05, 0.1) is 12.7 Å². The van der Waals surface area contributed by atoms with Gasteiger partial charge in [-0.2, -0.15) is 0 Å². The molecule has 17 heavy (non-hydrogen) atoms. The van der Waals surface area contributed by atoms with E-state index < -0.39 is 0 Å². The molecule has 6 nitrogen and oxygen atoms in total. The third kappa shape index (κ3) is 3.63. The summed E-state index contributed by atoms with van der Waals surface area (Å²) in [6.45, 7) is 0.500. The fourth-order valence-corrected chi connectivity index (χ4v) is 1.58. The summed E-state index contributed by atoms with van der Waals surface area (Å²) in [5.74, 6) is 0.425. The van der Waals surface area contributed by atoms with Gasteiger partial charge in [0.1, 0.15) is 5.82 Å². The van der Waals surface area contributed by atoms with Crippen LogP contribution in [-0.2, 0) is 11.3 Å². The van der Waals surface area contributed by atoms with Crippen LogP contribution in [-0.4, -0.2) is 25.9 Å². The van der Waals surface area contributed by atoms with Crippen LogP contribution in [0.3, 0.4) is 0 Å². The zero-order chi connectivity index (χ0) is 12.1. The number of anilines is 1. The Hall–Kier alpha value is -1.76. The van der Waals surface area contributed by atoms with E-state index in [4.69, 9.17) is 0 Å². The van der Waals surface area contributed by atoms with Gasteiger partial charge in [0, 0.05) is 23.3 Å². The van der Waals surface area contributed by atoms with E-state index in [9.17, 15) is 4.79 Å². The van der Waals surface area contributed by atoms with Crippen LogP contribution in [0.15, 0.2) is 35.2 Å². The van der Waals surface area contributed by atoms with E-state index in [2.05, 4.69) is 36.5 Å². The maximum absolute atomic E-state index is 11.6. The summed E-state index contributed by atoms with van der Waals surface area (Å²) in [7, 11) is 0. The lowest BCUT2D eigenvalue weighted by molar-refractivity contribution is -0.116. The molecule has 0 unspecified atom stereocenters. The maximum atomic E-state index is 11.6. The molecule has 0 radical (unpaired) electrons. The largest absolute Gasteiger partial charge is 0.311 e. The highest BCUT2D eigenvalue weighted by molar-refractivity contribution is 9.10. The maximum Gasteiger partial charge on any atom is 0.227 e. The summed E-state index contributed by atoms with van der Waals surface area (Å²) in [5, 5.41) is 10.1. The van der Waals surface area contributed by atoms with Crippen molar-refractivity contribution in [2.24, 2.45) is 0 Å². The zero-order valence-electron chi connectivity index (χ0n) is 8.88. The summed E-state index contributed by atoms with van der Waals surface area (Å²) in [6.07, 6.45) is 5.24. The number of amides is 1. The van der Waals surface area contributed by atoms with E-state index >= 15 is 0 Å². The molecule has 0 bridgehead atoms. The van der Waals surface area contributed by atoms with Gasteiger partial charge in [-0.25, -0.2) is 4.98 Å². The van der Waals surface area contributed by atoms with Crippen molar-refractivity contribution < 1.29 is 4.79 Å². The van der Waals surface area contributed by atoms with E-state index in [0.29, 0.717) is 18.8 Å². The van der Waals surface area contributed by atoms with E-state index in [-0.39, 0.29) is 5.91 Å². The standard InChI is InChI=1S/C10H10BrN5O/c11-8-1-3-12-9(7-8)14-10(17)2-5-16-6-4-13-15-16/h1,3-4,6-7H,2,5H2,(H,12,14,17). The molecule has 0 aliphatic carbocycles. The average molecular weight is 296 g/mol. The van der Waals surface area contributed by atoms with Crippen LogP contribution >= 0.6 is 15.9 Å². The number of rotatable bonds is 4. The van der Waals surface area contributed by atoms with E-state index in [1.54, 1.807) is 35.4 Å². The van der Waals surface area contributed by atoms with Crippen molar-refractivity contribution in [2.75, 3.05) is 5.32 Å². The lowest BCUT2D eigenvalue weighted by Crippen LogP contribution is -2.15. The predicted molar refractivity (Wildman–Crippen MR) is 65.2 cm³/mol. The van der Waals surface area contributed by atoms with Crippen LogP contribution in [0.25, 0.3) is 0 Å². The van der Waals surface area contributed by atoms with Crippen LogP contribution in [0.5, 0.6) is 0 Å². The molecule has 2 rings (SSSR count). The van der Waals surface area contributed by atoms with Crippen LogP contribution in [0, 0.1) is 0 Å². The molecule has 0 saturated heterocycles. The molecular weight excluding hydrogens is 286 g/mol. The Kier molecular flexibility index (Phi) is 3.81. The number of carbonyl (C=O) groups is 1. The third-order valence-corrected chi connectivity index (χ3v) is 2.52. The second kappa shape index (κ2) is 5.53. The van der Waals surface area contributed by atoms with Gasteiger partial charge in [-0.05, 0) is 12.1 Å². The molecule has 88 valence electrons. The monoisotopic (exact) mass is 295 g/mol. The zero-order valence-corrected chi connectivity index (χ0v) is 10.5. The Labute approximate surface area is 106 Å². The molecule has 2 aromatic heterocycles. The van der Waals surface area contributed by atoms with Crippen LogP contribution in [0.1, 0.15) is 6.42 Å². The Balaban J connectivity index is 1.85. The van der Waals surface area contributed by atoms with Crippen molar-refractivity contribution in [3.8, 4) is 0 Å². The Morgan fingerprint density at radius 1 is 1.47 bits per heavy atom. The van der Waals surface area contributed by atoms with E-state index in [1.807, 2.05) is 0 Å². The number of pyridine rings is 1. The fourth-order valence-electron chi connectivity index (χ4n) is 1.25. The smallest absolute Gasteiger partial charge is 0.227 e. The summed E-state index contributed by atoms with van der Waals surface area (Å²) in [4.78, 5) is 15.6. The van der Waals surface area contributed by atoms with E-state index in [0.717, 1.165) is 4.47 Å². The molecule has 2 heterocycles. The predicted octanol–water partition coefficient (Wildman–Crippen LogP) is 1.46. The van der Waals surface area contributed by atoms with Crippen molar-refractivity contribution in [1.29, 1.82) is 0 Å².